The molecule has 2 amide bonds. The van der Waals surface area contributed by atoms with Crippen molar-refractivity contribution in [2.24, 2.45) is 0 Å². The zero-order chi connectivity index (χ0) is 18.2. The van der Waals surface area contributed by atoms with E-state index in [9.17, 15) is 18.8 Å². The number of imide groups is 1. The number of benzene rings is 2. The molecule has 128 valence electrons. The summed E-state index contributed by atoms with van der Waals surface area (Å²) < 4.78 is 13.8. The smallest absolute Gasteiger partial charge is 0.260 e. The zero-order valence-electron chi connectivity index (χ0n) is 14.1. The van der Waals surface area contributed by atoms with Crippen LogP contribution in [0.3, 0.4) is 0 Å². The highest BCUT2D eigenvalue weighted by atomic mass is 19.1. The molecule has 0 N–H and O–H groups in total. The number of rotatable bonds is 4. The summed E-state index contributed by atoms with van der Waals surface area (Å²) in [5.41, 5.74) is -0.258. The van der Waals surface area contributed by atoms with E-state index in [1.165, 1.54) is 18.2 Å². The molecule has 0 aliphatic carbocycles. The average molecular weight is 339 g/mol. The molecule has 5 heteroatoms. The molecule has 0 fully saturated rings. The first-order chi connectivity index (χ1) is 11.9. The van der Waals surface area contributed by atoms with Gasteiger partial charge in [-0.15, -0.1) is 0 Å². The quantitative estimate of drug-likeness (QED) is 0.634. The van der Waals surface area contributed by atoms with Crippen molar-refractivity contribution in [2.45, 2.75) is 25.7 Å². The Bertz CT molecular complexity index is 862. The van der Waals surface area contributed by atoms with E-state index in [1.54, 1.807) is 44.2 Å². The SMILES string of the molecule is CCN1C(=O)c2ccc(F)cc2C(C)(CC(=O)c2ccccc2)C1=O. The van der Waals surface area contributed by atoms with Crippen molar-refractivity contribution in [1.29, 1.82) is 0 Å². The second-order valence-corrected chi connectivity index (χ2v) is 6.34. The van der Waals surface area contributed by atoms with Gasteiger partial charge in [-0.05, 0) is 37.6 Å². The van der Waals surface area contributed by atoms with Crippen molar-refractivity contribution in [2.75, 3.05) is 6.54 Å². The third-order valence-electron chi connectivity index (χ3n) is 4.69. The lowest BCUT2D eigenvalue weighted by Crippen LogP contribution is -2.53. The van der Waals surface area contributed by atoms with Crippen molar-refractivity contribution in [3.05, 3.63) is 71.0 Å². The fourth-order valence-corrected chi connectivity index (χ4v) is 3.32. The molecule has 1 unspecified atom stereocenters. The van der Waals surface area contributed by atoms with Gasteiger partial charge in [-0.1, -0.05) is 30.3 Å². The van der Waals surface area contributed by atoms with Gasteiger partial charge < -0.3 is 0 Å². The maximum Gasteiger partial charge on any atom is 0.260 e. The van der Waals surface area contributed by atoms with Crippen LogP contribution in [-0.4, -0.2) is 29.0 Å². The Morgan fingerprint density at radius 2 is 1.80 bits per heavy atom. The molecule has 2 aromatic rings. The van der Waals surface area contributed by atoms with Crippen LogP contribution in [0.1, 0.15) is 46.5 Å². The number of ketones is 1. The van der Waals surface area contributed by atoms with Gasteiger partial charge in [-0.25, -0.2) is 4.39 Å². The van der Waals surface area contributed by atoms with Crippen LogP contribution in [0, 0.1) is 5.82 Å². The van der Waals surface area contributed by atoms with Gasteiger partial charge >= 0.3 is 0 Å². The van der Waals surface area contributed by atoms with E-state index in [-0.39, 0.29) is 29.9 Å². The Morgan fingerprint density at radius 3 is 2.44 bits per heavy atom. The summed E-state index contributed by atoms with van der Waals surface area (Å²) in [6.45, 7) is 3.50. The van der Waals surface area contributed by atoms with Gasteiger partial charge in [0.2, 0.25) is 5.91 Å². The highest BCUT2D eigenvalue weighted by molar-refractivity contribution is 6.14. The monoisotopic (exact) mass is 339 g/mol. The van der Waals surface area contributed by atoms with E-state index in [1.807, 2.05) is 0 Å². The maximum absolute atomic E-state index is 13.8. The van der Waals surface area contributed by atoms with E-state index in [0.717, 1.165) is 4.90 Å². The molecule has 0 spiro atoms. The molecule has 4 nitrogen and oxygen atoms in total. The number of likely N-dealkylation sites (N-methyl/N-ethyl adjacent to an activating group) is 1. The number of hydrogen-bond donors (Lipinski definition) is 0. The molecule has 0 bridgehead atoms. The van der Waals surface area contributed by atoms with Crippen molar-refractivity contribution in [1.82, 2.24) is 4.90 Å². The number of hydrogen-bond acceptors (Lipinski definition) is 3. The highest BCUT2D eigenvalue weighted by Crippen LogP contribution is 2.38. The van der Waals surface area contributed by atoms with Crippen LogP contribution >= 0.6 is 0 Å². The minimum Gasteiger partial charge on any atom is -0.294 e. The molecular formula is C20H18FNO3. The summed E-state index contributed by atoms with van der Waals surface area (Å²) in [6.07, 6.45) is -0.129. The third kappa shape index (κ3) is 2.76. The molecule has 1 aliphatic rings. The molecule has 0 saturated heterocycles. The number of amides is 2. The highest BCUT2D eigenvalue weighted by Gasteiger charge is 2.48. The molecule has 0 aromatic heterocycles. The van der Waals surface area contributed by atoms with Gasteiger partial charge in [-0.2, -0.15) is 0 Å². The molecule has 1 heterocycles. The number of carbonyl (C=O) groups is 3. The van der Waals surface area contributed by atoms with Crippen LogP contribution in [0.25, 0.3) is 0 Å². The van der Waals surface area contributed by atoms with Gasteiger partial charge in [0.25, 0.3) is 5.91 Å². The minimum absolute atomic E-state index is 0.129. The molecule has 0 radical (unpaired) electrons. The van der Waals surface area contributed by atoms with Gasteiger partial charge in [-0.3, -0.25) is 19.3 Å². The Hall–Kier alpha value is -2.82. The second kappa shape index (κ2) is 6.24. The average Bonchev–Trinajstić information content (AvgIpc) is 2.61. The first-order valence-corrected chi connectivity index (χ1v) is 8.13. The second-order valence-electron chi connectivity index (χ2n) is 6.34. The number of fused-ring (bicyclic) bond motifs is 1. The van der Waals surface area contributed by atoms with E-state index in [0.29, 0.717) is 5.56 Å². The normalized spacial score (nSPS) is 19.7. The minimum atomic E-state index is -1.28. The van der Waals surface area contributed by atoms with E-state index < -0.39 is 23.0 Å². The first kappa shape index (κ1) is 17.0. The standard InChI is InChI=1S/C20H18FNO3/c1-3-22-18(24)15-10-9-14(21)11-16(15)20(2,19(22)25)12-17(23)13-7-5-4-6-8-13/h4-11H,3,12H2,1-2H3. The molecule has 3 rings (SSSR count). The topological polar surface area (TPSA) is 54.5 Å². The maximum atomic E-state index is 13.8. The summed E-state index contributed by atoms with van der Waals surface area (Å²) in [4.78, 5) is 39.3. The number of Topliss-reactive ketones (excluding diaryl/α,β-unsaturated/α-hetero) is 1. The van der Waals surface area contributed by atoms with Gasteiger partial charge in [0, 0.05) is 24.1 Å². The Balaban J connectivity index is 2.10. The molecule has 0 saturated carbocycles. The van der Waals surface area contributed by atoms with Crippen molar-refractivity contribution in [3.63, 3.8) is 0 Å². The molecule has 2 aromatic carbocycles. The predicted molar refractivity (Wildman–Crippen MR) is 90.9 cm³/mol. The molecule has 1 atom stereocenters. The summed E-state index contributed by atoms with van der Waals surface area (Å²) in [5.74, 6) is -1.69. The van der Waals surface area contributed by atoms with E-state index in [2.05, 4.69) is 0 Å². The van der Waals surface area contributed by atoms with Gasteiger partial charge in [0.1, 0.15) is 5.82 Å². The lowest BCUT2D eigenvalue weighted by Gasteiger charge is -2.39. The van der Waals surface area contributed by atoms with Crippen molar-refractivity contribution < 1.29 is 18.8 Å². The molecular weight excluding hydrogens is 321 g/mol. The van der Waals surface area contributed by atoms with Crippen LogP contribution in [0.2, 0.25) is 0 Å². The summed E-state index contributed by atoms with van der Waals surface area (Å²) in [5, 5.41) is 0. The zero-order valence-corrected chi connectivity index (χ0v) is 14.1. The van der Waals surface area contributed by atoms with E-state index in [4.69, 9.17) is 0 Å². The largest absolute Gasteiger partial charge is 0.294 e. The fraction of sp³-hybridized carbons (Fsp3) is 0.250. The Morgan fingerprint density at radius 1 is 1.12 bits per heavy atom. The molecule has 25 heavy (non-hydrogen) atoms. The Kier molecular flexibility index (Phi) is 4.25. The van der Waals surface area contributed by atoms with Crippen molar-refractivity contribution in [3.8, 4) is 0 Å². The van der Waals surface area contributed by atoms with Crippen LogP contribution in [0.15, 0.2) is 48.5 Å². The lowest BCUT2D eigenvalue weighted by molar-refractivity contribution is -0.134. The molecule has 1 aliphatic heterocycles. The number of nitrogens with zero attached hydrogens (tertiary/aromatic N) is 1. The lowest BCUT2D eigenvalue weighted by atomic mass is 9.71. The van der Waals surface area contributed by atoms with Crippen LogP contribution in [-0.2, 0) is 10.2 Å². The summed E-state index contributed by atoms with van der Waals surface area (Å²) in [7, 11) is 0. The fourth-order valence-electron chi connectivity index (χ4n) is 3.32. The first-order valence-electron chi connectivity index (χ1n) is 8.13. The number of halogens is 1. The van der Waals surface area contributed by atoms with Crippen molar-refractivity contribution >= 4 is 17.6 Å². The van der Waals surface area contributed by atoms with Gasteiger partial charge in [0.15, 0.2) is 5.78 Å². The predicted octanol–water partition coefficient (Wildman–Crippen LogP) is 3.36. The van der Waals surface area contributed by atoms with Crippen LogP contribution < -0.4 is 0 Å². The summed E-state index contributed by atoms with van der Waals surface area (Å²) >= 11 is 0. The number of carbonyl (C=O) groups excluding carboxylic acids is 3. The van der Waals surface area contributed by atoms with Crippen LogP contribution in [0.4, 0.5) is 4.39 Å². The summed E-state index contributed by atoms with van der Waals surface area (Å²) in [6, 6.07) is 12.4. The third-order valence-corrected chi connectivity index (χ3v) is 4.69. The van der Waals surface area contributed by atoms with E-state index >= 15 is 0 Å². The van der Waals surface area contributed by atoms with Crippen LogP contribution in [0.5, 0.6) is 0 Å². The Labute approximate surface area is 145 Å². The van der Waals surface area contributed by atoms with Gasteiger partial charge in [0.05, 0.1) is 5.41 Å².